The first-order valence-corrected chi connectivity index (χ1v) is 9.70. The van der Waals surface area contributed by atoms with E-state index in [-0.39, 0.29) is 11.7 Å². The molecular weight excluding hydrogens is 306 g/mol. The Kier molecular flexibility index (Phi) is 5.78. The van der Waals surface area contributed by atoms with E-state index in [9.17, 15) is 8.78 Å². The SMILES string of the molecule is CCOc1ccc(C2CCC(C3CCC(C)CC3)CC2)c(F)c1F. The van der Waals surface area contributed by atoms with Gasteiger partial charge in [-0.25, -0.2) is 4.39 Å². The summed E-state index contributed by atoms with van der Waals surface area (Å²) < 4.78 is 33.7. The minimum atomic E-state index is -0.822. The van der Waals surface area contributed by atoms with Crippen molar-refractivity contribution < 1.29 is 13.5 Å². The summed E-state index contributed by atoms with van der Waals surface area (Å²) in [7, 11) is 0. The fraction of sp³-hybridized carbons (Fsp3) is 0.714. The molecular formula is C21H30F2O. The van der Waals surface area contributed by atoms with E-state index in [0.29, 0.717) is 12.2 Å². The Labute approximate surface area is 144 Å². The van der Waals surface area contributed by atoms with Gasteiger partial charge in [-0.2, -0.15) is 4.39 Å². The highest BCUT2D eigenvalue weighted by Gasteiger charge is 2.31. The molecule has 0 saturated heterocycles. The van der Waals surface area contributed by atoms with Gasteiger partial charge < -0.3 is 4.74 Å². The quantitative estimate of drug-likeness (QED) is 0.613. The Morgan fingerprint density at radius 1 is 0.875 bits per heavy atom. The van der Waals surface area contributed by atoms with E-state index in [4.69, 9.17) is 4.74 Å². The molecule has 0 spiro atoms. The van der Waals surface area contributed by atoms with Crippen LogP contribution in [0.25, 0.3) is 0 Å². The van der Waals surface area contributed by atoms with Crippen LogP contribution in [0.1, 0.15) is 76.7 Å². The van der Waals surface area contributed by atoms with Gasteiger partial charge in [-0.3, -0.25) is 0 Å². The standard InChI is InChI=1S/C21H30F2O/c1-3-24-19-13-12-18(20(22)21(19)23)17-10-8-16(9-11-17)15-6-4-14(2)5-7-15/h12-17H,3-11H2,1-2H3. The highest BCUT2D eigenvalue weighted by Crippen LogP contribution is 2.44. The number of ether oxygens (including phenoxy) is 1. The molecule has 0 amide bonds. The maximum atomic E-state index is 14.4. The summed E-state index contributed by atoms with van der Waals surface area (Å²) in [5, 5.41) is 0. The van der Waals surface area contributed by atoms with Crippen LogP contribution in [0.5, 0.6) is 5.75 Å². The Bertz CT molecular complexity index is 541. The Morgan fingerprint density at radius 3 is 2.04 bits per heavy atom. The van der Waals surface area contributed by atoms with Crippen LogP contribution in [0.3, 0.4) is 0 Å². The van der Waals surface area contributed by atoms with Crippen LogP contribution in [0, 0.1) is 29.4 Å². The molecule has 1 aromatic rings. The first-order chi connectivity index (χ1) is 11.6. The molecule has 0 heterocycles. The zero-order valence-electron chi connectivity index (χ0n) is 15.0. The molecule has 1 aromatic carbocycles. The van der Waals surface area contributed by atoms with Gasteiger partial charge in [-0.1, -0.05) is 25.8 Å². The number of halogens is 2. The number of hydrogen-bond acceptors (Lipinski definition) is 1. The van der Waals surface area contributed by atoms with Gasteiger partial charge in [0.2, 0.25) is 5.82 Å². The molecule has 0 radical (unpaired) electrons. The molecule has 134 valence electrons. The van der Waals surface area contributed by atoms with Gasteiger partial charge in [-0.05, 0) is 80.8 Å². The first-order valence-electron chi connectivity index (χ1n) is 9.70. The van der Waals surface area contributed by atoms with Crippen LogP contribution in [-0.4, -0.2) is 6.61 Å². The van der Waals surface area contributed by atoms with E-state index in [1.165, 1.54) is 25.7 Å². The molecule has 2 fully saturated rings. The molecule has 0 aliphatic heterocycles. The number of hydrogen-bond donors (Lipinski definition) is 0. The summed E-state index contributed by atoms with van der Waals surface area (Å²) in [5.41, 5.74) is 0.548. The van der Waals surface area contributed by atoms with Crippen LogP contribution < -0.4 is 4.74 Å². The summed E-state index contributed by atoms with van der Waals surface area (Å²) in [4.78, 5) is 0. The van der Waals surface area contributed by atoms with Gasteiger partial charge in [0.15, 0.2) is 11.6 Å². The second-order valence-corrected chi connectivity index (χ2v) is 7.85. The van der Waals surface area contributed by atoms with E-state index in [1.54, 1.807) is 19.1 Å². The van der Waals surface area contributed by atoms with Gasteiger partial charge in [0.25, 0.3) is 0 Å². The lowest BCUT2D eigenvalue weighted by Gasteiger charge is -2.37. The molecule has 0 bridgehead atoms. The van der Waals surface area contributed by atoms with Crippen molar-refractivity contribution in [1.82, 2.24) is 0 Å². The third-order valence-corrected chi connectivity index (χ3v) is 6.32. The fourth-order valence-corrected chi connectivity index (χ4v) is 4.79. The Balaban J connectivity index is 1.61. The summed E-state index contributed by atoms with van der Waals surface area (Å²) in [6, 6.07) is 3.32. The summed E-state index contributed by atoms with van der Waals surface area (Å²) >= 11 is 0. The molecule has 3 rings (SSSR count). The van der Waals surface area contributed by atoms with Crippen molar-refractivity contribution in [3.05, 3.63) is 29.3 Å². The lowest BCUT2D eigenvalue weighted by Crippen LogP contribution is -2.25. The molecule has 24 heavy (non-hydrogen) atoms. The molecule has 3 heteroatoms. The van der Waals surface area contributed by atoms with Gasteiger partial charge >= 0.3 is 0 Å². The van der Waals surface area contributed by atoms with Crippen LogP contribution in [0.2, 0.25) is 0 Å². The zero-order chi connectivity index (χ0) is 17.1. The third kappa shape index (κ3) is 3.75. The lowest BCUT2D eigenvalue weighted by molar-refractivity contribution is 0.164. The smallest absolute Gasteiger partial charge is 0.200 e. The highest BCUT2D eigenvalue weighted by atomic mass is 19.2. The van der Waals surface area contributed by atoms with Crippen LogP contribution in [0.15, 0.2) is 12.1 Å². The van der Waals surface area contributed by atoms with Crippen LogP contribution in [-0.2, 0) is 0 Å². The monoisotopic (exact) mass is 336 g/mol. The molecule has 2 aliphatic rings. The molecule has 2 aliphatic carbocycles. The largest absolute Gasteiger partial charge is 0.491 e. The molecule has 0 N–H and O–H groups in total. The molecule has 0 unspecified atom stereocenters. The fourth-order valence-electron chi connectivity index (χ4n) is 4.79. The minimum absolute atomic E-state index is 0.0313. The summed E-state index contributed by atoms with van der Waals surface area (Å²) in [5.74, 6) is 1.22. The zero-order valence-corrected chi connectivity index (χ0v) is 15.0. The average molecular weight is 336 g/mol. The van der Waals surface area contributed by atoms with Gasteiger partial charge in [0.05, 0.1) is 6.61 Å². The molecule has 1 nitrogen and oxygen atoms in total. The Morgan fingerprint density at radius 2 is 1.46 bits per heavy atom. The van der Waals surface area contributed by atoms with Gasteiger partial charge in [-0.15, -0.1) is 0 Å². The van der Waals surface area contributed by atoms with Crippen molar-refractivity contribution >= 4 is 0 Å². The van der Waals surface area contributed by atoms with Crippen LogP contribution in [0.4, 0.5) is 8.78 Å². The van der Waals surface area contributed by atoms with E-state index >= 15 is 0 Å². The van der Waals surface area contributed by atoms with Crippen molar-refractivity contribution in [2.45, 2.75) is 71.1 Å². The van der Waals surface area contributed by atoms with Gasteiger partial charge in [0, 0.05) is 0 Å². The van der Waals surface area contributed by atoms with E-state index in [1.807, 2.05) is 0 Å². The normalized spacial score (nSPS) is 31.0. The highest BCUT2D eigenvalue weighted by molar-refractivity contribution is 5.33. The van der Waals surface area contributed by atoms with Crippen molar-refractivity contribution in [2.24, 2.45) is 17.8 Å². The second kappa shape index (κ2) is 7.84. The van der Waals surface area contributed by atoms with Crippen LogP contribution >= 0.6 is 0 Å². The number of benzene rings is 1. The lowest BCUT2D eigenvalue weighted by atomic mass is 9.68. The molecule has 0 atom stereocenters. The van der Waals surface area contributed by atoms with Crippen molar-refractivity contribution in [1.29, 1.82) is 0 Å². The Hall–Kier alpha value is -1.12. The van der Waals surface area contributed by atoms with E-state index in [0.717, 1.165) is 43.4 Å². The molecule has 0 aromatic heterocycles. The van der Waals surface area contributed by atoms with E-state index < -0.39 is 11.6 Å². The summed E-state index contributed by atoms with van der Waals surface area (Å²) in [6.07, 6.45) is 9.76. The van der Waals surface area contributed by atoms with Crippen molar-refractivity contribution in [3.8, 4) is 5.75 Å². The molecule has 2 saturated carbocycles. The maximum Gasteiger partial charge on any atom is 0.200 e. The summed E-state index contributed by atoms with van der Waals surface area (Å²) in [6.45, 7) is 4.48. The minimum Gasteiger partial charge on any atom is -0.491 e. The first kappa shape index (κ1) is 17.7. The third-order valence-electron chi connectivity index (χ3n) is 6.32. The van der Waals surface area contributed by atoms with Crippen molar-refractivity contribution in [2.75, 3.05) is 6.61 Å². The number of rotatable bonds is 4. The topological polar surface area (TPSA) is 9.23 Å². The van der Waals surface area contributed by atoms with E-state index in [2.05, 4.69) is 6.92 Å². The predicted molar refractivity (Wildman–Crippen MR) is 93.3 cm³/mol. The average Bonchev–Trinajstić information content (AvgIpc) is 2.60. The predicted octanol–water partition coefficient (Wildman–Crippen LogP) is 6.46. The van der Waals surface area contributed by atoms with Gasteiger partial charge in [0.1, 0.15) is 0 Å². The van der Waals surface area contributed by atoms with Crippen molar-refractivity contribution in [3.63, 3.8) is 0 Å². The second-order valence-electron chi connectivity index (χ2n) is 7.85. The maximum absolute atomic E-state index is 14.4.